The van der Waals surface area contributed by atoms with Crippen LogP contribution in [0.15, 0.2) is 88.5 Å². The number of nitrogens with zero attached hydrogens (tertiary/aromatic N) is 4. The summed E-state index contributed by atoms with van der Waals surface area (Å²) in [4.78, 5) is 44.1. The van der Waals surface area contributed by atoms with Crippen molar-refractivity contribution in [2.24, 2.45) is 7.05 Å². The molecule has 38 heavy (non-hydrogen) atoms. The third-order valence-corrected chi connectivity index (χ3v) is 7.32. The number of hydrogen-bond donors (Lipinski definition) is 1. The normalized spacial score (nSPS) is 11.1. The van der Waals surface area contributed by atoms with E-state index in [-0.39, 0.29) is 28.5 Å². The Morgan fingerprint density at radius 3 is 2.37 bits per heavy atom. The first kappa shape index (κ1) is 25.3. The van der Waals surface area contributed by atoms with E-state index in [9.17, 15) is 14.4 Å². The summed E-state index contributed by atoms with van der Waals surface area (Å²) in [6.45, 7) is 3.77. The summed E-state index contributed by atoms with van der Waals surface area (Å²) < 4.78 is 4.86. The summed E-state index contributed by atoms with van der Waals surface area (Å²) in [6.07, 6.45) is 0. The van der Waals surface area contributed by atoms with Gasteiger partial charge in [-0.05, 0) is 55.8 Å². The summed E-state index contributed by atoms with van der Waals surface area (Å²) in [5.41, 5.74) is 3.55. The molecule has 0 atom stereocenters. The number of carbonyl (C=O) groups is 1. The third-order valence-electron chi connectivity index (χ3n) is 6.39. The van der Waals surface area contributed by atoms with Gasteiger partial charge in [0.1, 0.15) is 11.5 Å². The van der Waals surface area contributed by atoms with Crippen molar-refractivity contribution in [2.75, 3.05) is 11.1 Å². The van der Waals surface area contributed by atoms with Crippen LogP contribution in [0, 0.1) is 13.8 Å². The SMILES string of the molecule is Cc1cccc(-n2c(CSCC(=O)Nc3c(C)n(C)n(-c4ccccc4)c3=O)nc3ccccc3c2=O)c1. The van der Waals surface area contributed by atoms with Crippen LogP contribution in [0.5, 0.6) is 0 Å². The minimum absolute atomic E-state index is 0.0929. The molecule has 0 aliphatic rings. The first-order chi connectivity index (χ1) is 18.3. The Hall–Kier alpha value is -4.37. The van der Waals surface area contributed by atoms with E-state index >= 15 is 0 Å². The highest BCUT2D eigenvalue weighted by Crippen LogP contribution is 2.19. The predicted molar refractivity (Wildman–Crippen MR) is 153 cm³/mol. The van der Waals surface area contributed by atoms with Crippen molar-refractivity contribution in [1.82, 2.24) is 18.9 Å². The first-order valence-electron chi connectivity index (χ1n) is 12.1. The average molecular weight is 526 g/mol. The summed E-state index contributed by atoms with van der Waals surface area (Å²) >= 11 is 1.33. The number of hydrogen-bond acceptors (Lipinski definition) is 5. The lowest BCUT2D eigenvalue weighted by molar-refractivity contribution is -0.113. The van der Waals surface area contributed by atoms with Crippen LogP contribution in [0.3, 0.4) is 0 Å². The van der Waals surface area contributed by atoms with Gasteiger partial charge in [0, 0.05) is 7.05 Å². The molecule has 3 aromatic carbocycles. The number of thioether (sulfide) groups is 1. The number of carbonyl (C=O) groups excluding carboxylic acids is 1. The molecule has 5 rings (SSSR count). The van der Waals surface area contributed by atoms with Crippen LogP contribution in [-0.2, 0) is 17.6 Å². The maximum atomic E-state index is 13.4. The molecule has 192 valence electrons. The van der Waals surface area contributed by atoms with Gasteiger partial charge < -0.3 is 5.32 Å². The van der Waals surface area contributed by atoms with Crippen molar-refractivity contribution in [3.63, 3.8) is 0 Å². The maximum Gasteiger partial charge on any atom is 0.295 e. The van der Waals surface area contributed by atoms with Gasteiger partial charge in [-0.1, -0.05) is 42.5 Å². The molecule has 5 aromatic rings. The summed E-state index contributed by atoms with van der Waals surface area (Å²) in [7, 11) is 1.78. The Bertz CT molecular complexity index is 1770. The van der Waals surface area contributed by atoms with Gasteiger partial charge in [0.2, 0.25) is 5.91 Å². The molecule has 0 saturated carbocycles. The Kier molecular flexibility index (Phi) is 7.02. The lowest BCUT2D eigenvalue weighted by Crippen LogP contribution is -2.25. The first-order valence-corrected chi connectivity index (χ1v) is 13.3. The van der Waals surface area contributed by atoms with Crippen LogP contribution in [-0.4, -0.2) is 30.6 Å². The number of nitrogens with one attached hydrogen (secondary N) is 1. The van der Waals surface area contributed by atoms with Gasteiger partial charge in [-0.3, -0.25) is 23.6 Å². The molecule has 0 aliphatic heterocycles. The largest absolute Gasteiger partial charge is 0.319 e. The molecule has 2 heterocycles. The molecule has 1 N–H and O–H groups in total. The number of aryl methyl sites for hydroxylation is 1. The number of fused-ring (bicyclic) bond motifs is 1. The smallest absolute Gasteiger partial charge is 0.295 e. The maximum absolute atomic E-state index is 13.4. The van der Waals surface area contributed by atoms with Crippen LogP contribution in [0.4, 0.5) is 5.69 Å². The topological polar surface area (TPSA) is 90.9 Å². The van der Waals surface area contributed by atoms with Crippen LogP contribution in [0.25, 0.3) is 22.3 Å². The van der Waals surface area contributed by atoms with Gasteiger partial charge in [-0.2, -0.15) is 0 Å². The second-order valence-corrected chi connectivity index (χ2v) is 9.99. The highest BCUT2D eigenvalue weighted by molar-refractivity contribution is 7.99. The zero-order valence-corrected chi connectivity index (χ0v) is 22.2. The van der Waals surface area contributed by atoms with E-state index in [2.05, 4.69) is 5.32 Å². The fraction of sp³-hybridized carbons (Fsp3) is 0.172. The number of aromatic nitrogens is 4. The van der Waals surface area contributed by atoms with E-state index in [1.165, 1.54) is 16.4 Å². The lowest BCUT2D eigenvalue weighted by Gasteiger charge is -2.14. The van der Waals surface area contributed by atoms with Crippen LogP contribution in [0.2, 0.25) is 0 Å². The van der Waals surface area contributed by atoms with Crippen LogP contribution >= 0.6 is 11.8 Å². The van der Waals surface area contributed by atoms with Gasteiger partial charge in [-0.15, -0.1) is 11.8 Å². The molecule has 0 radical (unpaired) electrons. The highest BCUT2D eigenvalue weighted by Gasteiger charge is 2.19. The molecule has 0 aliphatic carbocycles. The van der Waals surface area contributed by atoms with Crippen molar-refractivity contribution < 1.29 is 4.79 Å². The standard InChI is InChI=1S/C29H27N5O3S/c1-19-10-9-13-22(16-19)33-25(30-24-15-8-7-14-23(24)28(33)36)17-38-18-26(35)31-27-20(2)32(3)34(29(27)37)21-11-5-4-6-12-21/h4-16H,17-18H2,1-3H3,(H,31,35). The molecule has 9 heteroatoms. The van der Waals surface area contributed by atoms with Crippen molar-refractivity contribution in [2.45, 2.75) is 19.6 Å². The van der Waals surface area contributed by atoms with Crippen molar-refractivity contribution >= 4 is 34.3 Å². The van der Waals surface area contributed by atoms with Gasteiger partial charge in [0.05, 0.1) is 39.5 Å². The minimum Gasteiger partial charge on any atom is -0.319 e. The Morgan fingerprint density at radius 1 is 0.895 bits per heavy atom. The molecule has 0 saturated heterocycles. The second kappa shape index (κ2) is 10.5. The predicted octanol–water partition coefficient (Wildman–Crippen LogP) is 4.36. The van der Waals surface area contributed by atoms with E-state index in [1.54, 1.807) is 29.3 Å². The Labute approximate surface area is 223 Å². The molecule has 8 nitrogen and oxygen atoms in total. The van der Waals surface area contributed by atoms with Crippen molar-refractivity contribution in [1.29, 1.82) is 0 Å². The average Bonchev–Trinajstić information content (AvgIpc) is 3.12. The summed E-state index contributed by atoms with van der Waals surface area (Å²) in [5, 5.41) is 3.32. The zero-order valence-electron chi connectivity index (χ0n) is 21.3. The zero-order chi connectivity index (χ0) is 26.8. The summed E-state index contributed by atoms with van der Waals surface area (Å²) in [6, 6.07) is 24.2. The van der Waals surface area contributed by atoms with Crippen LogP contribution in [0.1, 0.15) is 17.1 Å². The van der Waals surface area contributed by atoms with Gasteiger partial charge >= 0.3 is 0 Å². The van der Waals surface area contributed by atoms with Crippen LogP contribution < -0.4 is 16.4 Å². The molecular formula is C29H27N5O3S. The minimum atomic E-state index is -0.300. The molecule has 0 spiro atoms. The van der Waals surface area contributed by atoms with E-state index in [1.807, 2.05) is 79.7 Å². The molecule has 0 bridgehead atoms. The molecule has 0 fully saturated rings. The fourth-order valence-corrected chi connectivity index (χ4v) is 5.17. The number of anilines is 1. The van der Waals surface area contributed by atoms with Crippen molar-refractivity contribution in [3.8, 4) is 11.4 Å². The third kappa shape index (κ3) is 4.80. The van der Waals surface area contributed by atoms with E-state index < -0.39 is 0 Å². The molecular weight excluding hydrogens is 498 g/mol. The number of amides is 1. The van der Waals surface area contributed by atoms with E-state index in [0.29, 0.717) is 28.2 Å². The Morgan fingerprint density at radius 2 is 1.61 bits per heavy atom. The molecule has 1 amide bonds. The molecule has 2 aromatic heterocycles. The monoisotopic (exact) mass is 525 g/mol. The quantitative estimate of drug-likeness (QED) is 0.341. The number of rotatable bonds is 7. The molecule has 0 unspecified atom stereocenters. The number of benzene rings is 3. The highest BCUT2D eigenvalue weighted by atomic mass is 32.2. The van der Waals surface area contributed by atoms with E-state index in [0.717, 1.165) is 16.9 Å². The van der Waals surface area contributed by atoms with Gasteiger partial charge in [-0.25, -0.2) is 9.67 Å². The van der Waals surface area contributed by atoms with E-state index in [4.69, 9.17) is 4.98 Å². The van der Waals surface area contributed by atoms with Crippen molar-refractivity contribution in [3.05, 3.63) is 117 Å². The lowest BCUT2D eigenvalue weighted by atomic mass is 10.2. The van der Waals surface area contributed by atoms with Gasteiger partial charge in [0.15, 0.2) is 0 Å². The fourth-order valence-electron chi connectivity index (χ4n) is 4.43. The number of para-hydroxylation sites is 2. The van der Waals surface area contributed by atoms with Gasteiger partial charge in [0.25, 0.3) is 11.1 Å². The summed E-state index contributed by atoms with van der Waals surface area (Å²) in [5.74, 6) is 0.685. The Balaban J connectivity index is 1.38. The second-order valence-electron chi connectivity index (χ2n) is 9.00.